The lowest BCUT2D eigenvalue weighted by Gasteiger charge is -2.17. The van der Waals surface area contributed by atoms with Crippen molar-refractivity contribution in [2.75, 3.05) is 13.7 Å². The molecule has 0 aliphatic rings. The number of esters is 1. The van der Waals surface area contributed by atoms with Crippen molar-refractivity contribution in [2.45, 2.75) is 27.7 Å². The van der Waals surface area contributed by atoms with E-state index >= 15 is 0 Å². The van der Waals surface area contributed by atoms with Gasteiger partial charge in [0.05, 0.1) is 30.5 Å². The van der Waals surface area contributed by atoms with E-state index < -0.39 is 33.5 Å². The van der Waals surface area contributed by atoms with Gasteiger partial charge in [0.25, 0.3) is 0 Å². The lowest BCUT2D eigenvalue weighted by atomic mass is 10.3. The van der Waals surface area contributed by atoms with Gasteiger partial charge in [0.15, 0.2) is 11.6 Å². The molecule has 0 spiro atoms. The molecule has 0 aliphatic heterocycles. The summed E-state index contributed by atoms with van der Waals surface area (Å²) in [5.41, 5.74) is 0. The molecular formula is C15H21AlO8. The summed E-state index contributed by atoms with van der Waals surface area (Å²) in [6.45, 7) is 5.25. The molecule has 0 saturated heterocycles. The number of aliphatic hydroxyl groups is 1. The molecule has 0 aromatic carbocycles. The largest absolute Gasteiger partial charge is 1.20 e. The first-order valence-corrected chi connectivity index (χ1v) is 8.36. The average Bonchev–Trinajstić information content (AvgIpc) is 2.45. The predicted molar refractivity (Wildman–Crippen MR) is 85.1 cm³/mol. The van der Waals surface area contributed by atoms with Crippen molar-refractivity contribution < 1.29 is 35.6 Å². The van der Waals surface area contributed by atoms with Gasteiger partial charge < -0.3 is 21.2 Å². The van der Waals surface area contributed by atoms with Crippen molar-refractivity contribution in [3.63, 3.8) is 0 Å². The summed E-state index contributed by atoms with van der Waals surface area (Å²) in [6.07, 6.45) is 3.45. The quantitative estimate of drug-likeness (QED) is 0.268. The summed E-state index contributed by atoms with van der Waals surface area (Å²) in [6, 6.07) is 0. The monoisotopic (exact) mass is 356 g/mol. The number of hydrogen-bond acceptors (Lipinski definition) is 8. The van der Waals surface area contributed by atoms with E-state index in [2.05, 4.69) is 4.74 Å². The fourth-order valence-electron chi connectivity index (χ4n) is 1.41. The lowest BCUT2D eigenvalue weighted by molar-refractivity contribution is -0.135. The molecule has 0 radical (unpaired) electrons. The third-order valence-corrected chi connectivity index (χ3v) is 3.99. The minimum atomic E-state index is -2.90. The Morgan fingerprint density at radius 1 is 0.875 bits per heavy atom. The average molecular weight is 356 g/mol. The number of aliphatic hydroxyl groups excluding tert-OH is 1. The summed E-state index contributed by atoms with van der Waals surface area (Å²) >= 11 is -2.90. The van der Waals surface area contributed by atoms with Crippen LogP contribution in [-0.4, -0.2) is 51.5 Å². The third kappa shape index (κ3) is 10.6. The van der Waals surface area contributed by atoms with E-state index in [9.17, 15) is 14.4 Å². The molecule has 0 heterocycles. The molecule has 0 rings (SSSR count). The van der Waals surface area contributed by atoms with Crippen LogP contribution in [0.4, 0.5) is 0 Å². The van der Waals surface area contributed by atoms with E-state index in [1.807, 2.05) is 0 Å². The van der Waals surface area contributed by atoms with E-state index in [4.69, 9.17) is 16.5 Å². The SMILES string of the molecule is COC(=O)C=C(C)[O][Al]([O]C(C)=CC(C)=O)[O]C(C)=CC(=O)CO. The van der Waals surface area contributed by atoms with Gasteiger partial charge in [-0.05, 0) is 27.7 Å². The van der Waals surface area contributed by atoms with Crippen LogP contribution in [-0.2, 0) is 30.5 Å². The van der Waals surface area contributed by atoms with Gasteiger partial charge >= 0.3 is 21.1 Å². The molecule has 0 atom stereocenters. The van der Waals surface area contributed by atoms with Gasteiger partial charge in [-0.1, -0.05) is 0 Å². The number of carbonyl (C=O) groups excluding carboxylic acids is 3. The molecule has 0 aromatic rings. The molecule has 132 valence electrons. The van der Waals surface area contributed by atoms with Crippen molar-refractivity contribution in [2.24, 2.45) is 0 Å². The Morgan fingerprint density at radius 2 is 1.33 bits per heavy atom. The Bertz CT molecular complexity index is 528. The molecule has 0 saturated carbocycles. The Morgan fingerprint density at radius 3 is 1.75 bits per heavy atom. The van der Waals surface area contributed by atoms with Crippen molar-refractivity contribution in [3.8, 4) is 0 Å². The minimum Gasteiger partial charge on any atom is -0.580 e. The smallest absolute Gasteiger partial charge is 0.580 e. The van der Waals surface area contributed by atoms with Gasteiger partial charge in [-0.2, -0.15) is 0 Å². The van der Waals surface area contributed by atoms with Crippen LogP contribution >= 0.6 is 0 Å². The highest BCUT2D eigenvalue weighted by Crippen LogP contribution is 2.11. The lowest BCUT2D eigenvalue weighted by Crippen LogP contribution is -2.26. The van der Waals surface area contributed by atoms with Crippen molar-refractivity contribution in [3.05, 3.63) is 35.5 Å². The molecule has 0 aliphatic carbocycles. The fraction of sp³-hybridized carbons (Fsp3) is 0.400. The minimum absolute atomic E-state index is 0.173. The zero-order valence-corrected chi connectivity index (χ0v) is 15.5. The molecule has 1 N–H and O–H groups in total. The van der Waals surface area contributed by atoms with Crippen molar-refractivity contribution >= 4 is 32.7 Å². The van der Waals surface area contributed by atoms with Gasteiger partial charge in [0.2, 0.25) is 0 Å². The van der Waals surface area contributed by atoms with Crippen LogP contribution in [0.15, 0.2) is 35.5 Å². The van der Waals surface area contributed by atoms with Crippen LogP contribution in [0.3, 0.4) is 0 Å². The van der Waals surface area contributed by atoms with Gasteiger partial charge in [-0.3, -0.25) is 9.59 Å². The summed E-state index contributed by atoms with van der Waals surface area (Å²) < 4.78 is 20.8. The second-order valence-corrected chi connectivity index (χ2v) is 5.95. The Kier molecular flexibility index (Phi) is 10.5. The first-order chi connectivity index (χ1) is 11.2. The number of hydrogen-bond donors (Lipinski definition) is 1. The van der Waals surface area contributed by atoms with Crippen LogP contribution in [0, 0.1) is 0 Å². The zero-order valence-electron chi connectivity index (χ0n) is 14.3. The third-order valence-electron chi connectivity index (χ3n) is 2.30. The molecule has 0 fully saturated rings. The van der Waals surface area contributed by atoms with Crippen molar-refractivity contribution in [1.29, 1.82) is 0 Å². The first kappa shape index (κ1) is 21.9. The molecule has 0 bridgehead atoms. The maximum atomic E-state index is 11.2. The second-order valence-electron chi connectivity index (χ2n) is 4.67. The fourth-order valence-corrected chi connectivity index (χ4v) is 2.67. The second kappa shape index (κ2) is 11.5. The number of allylic oxidation sites excluding steroid dienone is 4. The summed E-state index contributed by atoms with van der Waals surface area (Å²) in [7, 11) is 1.22. The number of ketones is 2. The van der Waals surface area contributed by atoms with Crippen LogP contribution in [0.5, 0.6) is 0 Å². The Labute approximate surface area is 145 Å². The Hall–Kier alpha value is -2.08. The van der Waals surface area contributed by atoms with Crippen LogP contribution in [0.2, 0.25) is 0 Å². The molecule has 0 aromatic heterocycles. The molecule has 0 amide bonds. The van der Waals surface area contributed by atoms with E-state index in [-0.39, 0.29) is 23.1 Å². The molecule has 0 unspecified atom stereocenters. The topological polar surface area (TPSA) is 108 Å². The molecule has 24 heavy (non-hydrogen) atoms. The van der Waals surface area contributed by atoms with Crippen molar-refractivity contribution in [1.82, 2.24) is 0 Å². The number of ether oxygens (including phenoxy) is 1. The van der Waals surface area contributed by atoms with Gasteiger partial charge in [-0.15, -0.1) is 0 Å². The highest BCUT2D eigenvalue weighted by Gasteiger charge is 2.44. The number of carbonyl (C=O) groups is 3. The standard InChI is InChI=1S/2C5H8O3.C5H8O2.Al/c1-4(6)3-5(7)8-2;1-4(7)2-5(8)3-6;1-4(6)3-5(2)7;/h3,6H,1-2H3;2,6-7H,3H2,1H3;3,6H,1-2H3;/q;;;+3/p-3. The van der Waals surface area contributed by atoms with E-state index in [1.54, 1.807) is 6.92 Å². The molecular weight excluding hydrogens is 335 g/mol. The predicted octanol–water partition coefficient (Wildman–Crippen LogP) is 1.06. The van der Waals surface area contributed by atoms with Crippen LogP contribution in [0.1, 0.15) is 27.7 Å². The number of methoxy groups -OCH3 is 1. The highest BCUT2D eigenvalue weighted by atomic mass is 27.3. The van der Waals surface area contributed by atoms with Crippen LogP contribution in [0.25, 0.3) is 0 Å². The summed E-state index contributed by atoms with van der Waals surface area (Å²) in [4.78, 5) is 33.4. The van der Waals surface area contributed by atoms with Gasteiger partial charge in [0.1, 0.15) is 6.61 Å². The molecule has 9 heteroatoms. The van der Waals surface area contributed by atoms with Gasteiger partial charge in [0, 0.05) is 12.2 Å². The van der Waals surface area contributed by atoms with Gasteiger partial charge in [-0.25, -0.2) is 4.79 Å². The maximum absolute atomic E-state index is 11.2. The first-order valence-electron chi connectivity index (χ1n) is 6.95. The summed E-state index contributed by atoms with van der Waals surface area (Å²) in [5.74, 6) is -0.740. The molecule has 8 nitrogen and oxygen atoms in total. The summed E-state index contributed by atoms with van der Waals surface area (Å²) in [5, 5.41) is 8.73. The highest BCUT2D eigenvalue weighted by molar-refractivity contribution is 6.37. The Balaban J connectivity index is 5.18. The van der Waals surface area contributed by atoms with E-state index in [0.29, 0.717) is 0 Å². The normalized spacial score (nSPS) is 12.3. The maximum Gasteiger partial charge on any atom is 1.20 e. The number of rotatable bonds is 10. The van der Waals surface area contributed by atoms with E-state index in [0.717, 1.165) is 12.2 Å². The zero-order chi connectivity index (χ0) is 18.7. The van der Waals surface area contributed by atoms with Crippen LogP contribution < -0.4 is 0 Å². The van der Waals surface area contributed by atoms with E-state index in [1.165, 1.54) is 34.0 Å².